The van der Waals surface area contributed by atoms with Gasteiger partial charge in [-0.1, -0.05) is 105 Å². The fraction of sp³-hybridized carbons (Fsp3) is 0.0455. The molecule has 0 aromatic heterocycles. The van der Waals surface area contributed by atoms with Crippen LogP contribution in [-0.4, -0.2) is 0 Å². The molecule has 0 spiro atoms. The lowest BCUT2D eigenvalue weighted by molar-refractivity contribution is 0.498. The van der Waals surface area contributed by atoms with E-state index in [9.17, 15) is 14.4 Å². The summed E-state index contributed by atoms with van der Waals surface area (Å²) in [7, 11) is -7.57. The van der Waals surface area contributed by atoms with Gasteiger partial charge >= 0.3 is 7.37 Å². The normalized spacial score (nSPS) is 18.2. The van der Waals surface area contributed by atoms with Gasteiger partial charge in [-0.05, 0) is 122 Å². The van der Waals surface area contributed by atoms with Crippen molar-refractivity contribution in [3.63, 3.8) is 0 Å². The van der Waals surface area contributed by atoms with E-state index < -0.39 is 14.7 Å². The summed E-state index contributed by atoms with van der Waals surface area (Å²) in [6.07, 6.45) is 1.63. The van der Waals surface area contributed by atoms with E-state index in [-0.39, 0.29) is 11.0 Å². The predicted octanol–water partition coefficient (Wildman–Crippen LogP) is 14.4. The lowest BCUT2D eigenvalue weighted by atomic mass is 9.93. The highest BCUT2D eigenvalue weighted by Gasteiger charge is 2.42. The average Bonchev–Trinajstić information content (AvgIpc) is 3.15. The molecule has 6 aromatic carbocycles. The Morgan fingerprint density at radius 3 is 1.82 bits per heavy atom. The number of aryl methyl sites for hydroxylation is 2. The van der Waals surface area contributed by atoms with Crippen molar-refractivity contribution < 1.29 is 18.2 Å². The Hall–Kier alpha value is -4.24. The standard InChI is InChI=1S/C44H26Br4N2O4P2/c1-25-16-27(18-31(23-49)56(52)44-37(20-30(46)22-39(44)48)35-9-5-7-11-42(35)54-56)12-14-32(25)33-15-13-28(17-26(33)2)40(50-3)24-55(51)43-36(19-29(45)21-38(43)47)34-8-4-6-10-41(34)53-55/h4-22,24H,1-2H3. The molecule has 56 heavy (non-hydrogen) atoms. The minimum atomic E-state index is -3.87. The molecule has 0 bridgehead atoms. The van der Waals surface area contributed by atoms with Crippen LogP contribution in [0.1, 0.15) is 22.3 Å². The van der Waals surface area contributed by atoms with Crippen LogP contribution in [0.25, 0.3) is 50.0 Å². The Morgan fingerprint density at radius 2 is 1.23 bits per heavy atom. The summed E-state index contributed by atoms with van der Waals surface area (Å²) < 4.78 is 45.0. The molecule has 0 N–H and O–H groups in total. The number of nitriles is 1. The second-order valence-corrected chi connectivity index (χ2v) is 21.1. The predicted molar refractivity (Wildman–Crippen MR) is 240 cm³/mol. The number of allylic oxidation sites excluding steroid dienone is 1. The van der Waals surface area contributed by atoms with Crippen LogP contribution in [0.5, 0.6) is 11.5 Å². The lowest BCUT2D eigenvalue weighted by Crippen LogP contribution is -2.20. The third kappa shape index (κ3) is 6.71. The fourth-order valence-corrected chi connectivity index (χ4v) is 15.4. The third-order valence-corrected chi connectivity index (χ3v) is 17.0. The maximum atomic E-state index is 14.9. The van der Waals surface area contributed by atoms with Gasteiger partial charge in [-0.3, -0.25) is 9.13 Å². The summed E-state index contributed by atoms with van der Waals surface area (Å²) in [5.74, 6) is 2.41. The third-order valence-electron chi connectivity index (χ3n) is 9.69. The summed E-state index contributed by atoms with van der Waals surface area (Å²) in [4.78, 5) is 3.83. The van der Waals surface area contributed by atoms with Crippen molar-refractivity contribution in [1.29, 1.82) is 5.26 Å². The SMILES string of the molecule is [C-]#[N+]C(=CP1(=O)Oc2ccccc2-c2cc(Br)cc(Br)c21)c1ccc(-c2ccc(C=C(C#N)P3(=O)Oc4ccccc4-c4cc(Br)cc(Br)c43)cc2C)c(C)c1. The Labute approximate surface area is 358 Å². The molecule has 2 heterocycles. The molecule has 0 saturated heterocycles. The molecule has 0 saturated carbocycles. The van der Waals surface area contributed by atoms with Gasteiger partial charge in [0.25, 0.3) is 7.37 Å². The second-order valence-electron chi connectivity index (χ2n) is 13.3. The van der Waals surface area contributed by atoms with E-state index in [4.69, 9.17) is 15.6 Å². The maximum Gasteiger partial charge on any atom is 0.318 e. The van der Waals surface area contributed by atoms with Gasteiger partial charge in [-0.25, -0.2) is 4.85 Å². The van der Waals surface area contributed by atoms with E-state index in [0.717, 1.165) is 53.5 Å². The summed E-state index contributed by atoms with van der Waals surface area (Å²) in [6, 6.07) is 36.0. The van der Waals surface area contributed by atoms with Crippen molar-refractivity contribution in [1.82, 2.24) is 0 Å². The number of nitrogens with zero attached hydrogens (tertiary/aromatic N) is 2. The number of rotatable bonds is 5. The first-order valence-electron chi connectivity index (χ1n) is 17.1. The van der Waals surface area contributed by atoms with Crippen molar-refractivity contribution in [2.45, 2.75) is 13.8 Å². The molecule has 0 amide bonds. The first kappa shape index (κ1) is 38.6. The Balaban J connectivity index is 1.14. The molecule has 6 aromatic rings. The van der Waals surface area contributed by atoms with Crippen LogP contribution < -0.4 is 19.7 Å². The molecule has 2 aliphatic rings. The van der Waals surface area contributed by atoms with Crippen LogP contribution >= 0.6 is 78.5 Å². The summed E-state index contributed by atoms with van der Waals surface area (Å²) in [5.41, 5.74) is 8.38. The van der Waals surface area contributed by atoms with E-state index in [1.165, 1.54) is 5.82 Å². The highest BCUT2D eigenvalue weighted by Crippen LogP contribution is 2.62. The van der Waals surface area contributed by atoms with Crippen molar-refractivity contribution in [3.05, 3.63) is 172 Å². The molecule has 6 nitrogen and oxygen atoms in total. The van der Waals surface area contributed by atoms with Gasteiger partial charge in [0.15, 0.2) is 0 Å². The lowest BCUT2D eigenvalue weighted by Gasteiger charge is -2.29. The number of hydrogen-bond acceptors (Lipinski definition) is 5. The van der Waals surface area contributed by atoms with Gasteiger partial charge in [0.1, 0.15) is 22.9 Å². The van der Waals surface area contributed by atoms with Crippen molar-refractivity contribution in [2.75, 3.05) is 0 Å². The van der Waals surface area contributed by atoms with Gasteiger partial charge in [-0.2, -0.15) is 5.26 Å². The minimum Gasteiger partial charge on any atom is -0.437 e. The van der Waals surface area contributed by atoms with Crippen LogP contribution in [-0.2, 0) is 9.13 Å². The molecule has 2 aliphatic heterocycles. The van der Waals surface area contributed by atoms with E-state index in [0.29, 0.717) is 42.2 Å². The summed E-state index contributed by atoms with van der Waals surface area (Å²) in [6.45, 7) is 12.1. The molecule has 12 heteroatoms. The number of hydrogen-bond donors (Lipinski definition) is 0. The smallest absolute Gasteiger partial charge is 0.318 e. The van der Waals surface area contributed by atoms with Crippen molar-refractivity contribution in [2.24, 2.45) is 0 Å². The van der Waals surface area contributed by atoms with Gasteiger partial charge in [-0.15, -0.1) is 0 Å². The van der Waals surface area contributed by atoms with Crippen LogP contribution in [0.3, 0.4) is 0 Å². The van der Waals surface area contributed by atoms with Gasteiger partial charge in [0.05, 0.1) is 17.2 Å². The fourth-order valence-electron chi connectivity index (χ4n) is 7.21. The molecule has 0 radical (unpaired) electrons. The van der Waals surface area contributed by atoms with Gasteiger partial charge in [0.2, 0.25) is 5.70 Å². The van der Waals surface area contributed by atoms with Crippen LogP contribution in [0.2, 0.25) is 0 Å². The largest absolute Gasteiger partial charge is 0.437 e. The van der Waals surface area contributed by atoms with E-state index in [2.05, 4.69) is 74.6 Å². The van der Waals surface area contributed by atoms with Crippen LogP contribution in [0.15, 0.2) is 138 Å². The molecule has 274 valence electrons. The van der Waals surface area contributed by atoms with Gasteiger partial charge < -0.3 is 9.05 Å². The highest BCUT2D eigenvalue weighted by molar-refractivity contribution is 9.11. The zero-order valence-corrected chi connectivity index (χ0v) is 37.6. The summed E-state index contributed by atoms with van der Waals surface area (Å²) in [5, 5.41) is 11.4. The van der Waals surface area contributed by atoms with Crippen molar-refractivity contribution >= 4 is 101 Å². The molecular formula is C44H26Br4N2O4P2. The van der Waals surface area contributed by atoms with Crippen molar-refractivity contribution in [3.8, 4) is 50.9 Å². The first-order valence-corrected chi connectivity index (χ1v) is 23.5. The topological polar surface area (TPSA) is 80.8 Å². The van der Waals surface area contributed by atoms with Gasteiger partial charge in [0, 0.05) is 46.0 Å². The Morgan fingerprint density at radius 1 is 0.679 bits per heavy atom. The molecule has 2 atom stereocenters. The number of halogens is 4. The van der Waals surface area contributed by atoms with Crippen LogP contribution in [0.4, 0.5) is 0 Å². The molecule has 8 rings (SSSR count). The molecule has 0 fully saturated rings. The molecular weight excluding hydrogens is 1000 g/mol. The highest BCUT2D eigenvalue weighted by atomic mass is 79.9. The average molecular weight is 1030 g/mol. The first-order chi connectivity index (χ1) is 26.8. The van der Waals surface area contributed by atoms with Crippen LogP contribution in [0, 0.1) is 31.8 Å². The van der Waals surface area contributed by atoms with E-state index in [1.807, 2.05) is 111 Å². The zero-order chi connectivity index (χ0) is 39.5. The minimum absolute atomic E-state index is 0.0223. The number of benzene rings is 6. The molecule has 0 aliphatic carbocycles. The monoisotopic (exact) mass is 1020 g/mol. The Bertz CT molecular complexity index is 2950. The zero-order valence-electron chi connectivity index (χ0n) is 29.5. The number of fused-ring (bicyclic) bond motifs is 6. The summed E-state index contributed by atoms with van der Waals surface area (Å²) >= 11 is 14.3. The van der Waals surface area contributed by atoms with E-state index >= 15 is 0 Å². The maximum absolute atomic E-state index is 14.9. The quantitative estimate of drug-likeness (QED) is 0.0976. The Kier molecular flexibility index (Phi) is 10.3. The second kappa shape index (κ2) is 14.9. The van der Waals surface area contributed by atoms with E-state index in [1.54, 1.807) is 18.2 Å². The number of para-hydroxylation sites is 2. The molecule has 2 unspecified atom stereocenters.